The number of thioether (sulfide) groups is 1. The van der Waals surface area contributed by atoms with Crippen LogP contribution < -0.4 is 14.8 Å². The van der Waals surface area contributed by atoms with Gasteiger partial charge >= 0.3 is 5.97 Å². The van der Waals surface area contributed by atoms with Crippen molar-refractivity contribution < 1.29 is 33.4 Å². The number of aryl methyl sites for hydroxylation is 1. The molecular weight excluding hydrogens is 484 g/mol. The Labute approximate surface area is 213 Å². The Bertz CT molecular complexity index is 1190. The van der Waals surface area contributed by atoms with E-state index in [1.54, 1.807) is 32.0 Å². The summed E-state index contributed by atoms with van der Waals surface area (Å²) in [7, 11) is 0. The van der Waals surface area contributed by atoms with Gasteiger partial charge in [-0.3, -0.25) is 24.1 Å². The van der Waals surface area contributed by atoms with Crippen molar-refractivity contribution in [3.05, 3.63) is 58.5 Å². The highest BCUT2D eigenvalue weighted by molar-refractivity contribution is 8.18. The molecule has 10 heteroatoms. The normalized spacial score (nSPS) is 14.4. The second kappa shape index (κ2) is 12.3. The molecule has 1 heterocycles. The standard InChI is InChI=1S/C26H28N2O7S/c1-5-33-21-12-18(13-22-25(31)28(26(32)36-22)14-24(30)35-16(2)3)10-11-20(21)34-15-23(29)27-19-9-7-6-8-17(19)4/h6-13,16H,5,14-15H2,1-4H3,(H,27,29)/b22-13-. The van der Waals surface area contributed by atoms with Gasteiger partial charge in [-0.25, -0.2) is 0 Å². The van der Waals surface area contributed by atoms with Gasteiger partial charge in [0.15, 0.2) is 18.1 Å². The Morgan fingerprint density at radius 1 is 1.08 bits per heavy atom. The fourth-order valence-corrected chi connectivity index (χ4v) is 4.10. The summed E-state index contributed by atoms with van der Waals surface area (Å²) in [5.74, 6) is -0.800. The second-order valence-corrected chi connectivity index (χ2v) is 9.09. The zero-order valence-electron chi connectivity index (χ0n) is 20.5. The first-order valence-electron chi connectivity index (χ1n) is 11.4. The lowest BCUT2D eigenvalue weighted by atomic mass is 10.2. The minimum Gasteiger partial charge on any atom is -0.490 e. The van der Waals surface area contributed by atoms with Crippen LogP contribution in [0.4, 0.5) is 10.5 Å². The van der Waals surface area contributed by atoms with Crippen LogP contribution in [-0.2, 0) is 19.1 Å². The maximum absolute atomic E-state index is 12.7. The van der Waals surface area contributed by atoms with E-state index in [2.05, 4.69) is 5.32 Å². The van der Waals surface area contributed by atoms with Gasteiger partial charge in [0.25, 0.3) is 17.1 Å². The van der Waals surface area contributed by atoms with Crippen LogP contribution in [0.1, 0.15) is 31.9 Å². The van der Waals surface area contributed by atoms with Crippen LogP contribution in [0.2, 0.25) is 0 Å². The van der Waals surface area contributed by atoms with Crippen molar-refractivity contribution in [1.29, 1.82) is 0 Å². The lowest BCUT2D eigenvalue weighted by Gasteiger charge is -2.14. The van der Waals surface area contributed by atoms with E-state index in [1.165, 1.54) is 6.08 Å². The molecule has 0 radical (unpaired) electrons. The molecule has 1 saturated heterocycles. The monoisotopic (exact) mass is 512 g/mol. The van der Waals surface area contributed by atoms with Gasteiger partial charge in [0.2, 0.25) is 0 Å². The van der Waals surface area contributed by atoms with E-state index in [0.717, 1.165) is 22.2 Å². The Hall–Kier alpha value is -3.79. The molecule has 36 heavy (non-hydrogen) atoms. The minimum absolute atomic E-state index is 0.172. The molecule has 0 spiro atoms. The molecule has 0 saturated carbocycles. The molecule has 3 amide bonds. The number of amides is 3. The number of carbonyl (C=O) groups is 4. The number of para-hydroxylation sites is 1. The lowest BCUT2D eigenvalue weighted by Crippen LogP contribution is -2.35. The largest absolute Gasteiger partial charge is 0.490 e. The summed E-state index contributed by atoms with van der Waals surface area (Å²) < 4.78 is 16.4. The van der Waals surface area contributed by atoms with Crippen molar-refractivity contribution in [3.8, 4) is 11.5 Å². The predicted octanol–water partition coefficient (Wildman–Crippen LogP) is 4.40. The molecule has 0 atom stereocenters. The van der Waals surface area contributed by atoms with E-state index in [4.69, 9.17) is 14.2 Å². The molecule has 2 aromatic carbocycles. The van der Waals surface area contributed by atoms with Crippen LogP contribution in [0, 0.1) is 6.92 Å². The lowest BCUT2D eigenvalue weighted by molar-refractivity contribution is -0.149. The number of rotatable bonds is 10. The first-order valence-corrected chi connectivity index (χ1v) is 12.2. The van der Waals surface area contributed by atoms with E-state index in [-0.39, 0.29) is 23.5 Å². The third-order valence-corrected chi connectivity index (χ3v) is 5.78. The Balaban J connectivity index is 1.69. The van der Waals surface area contributed by atoms with Crippen molar-refractivity contribution in [2.75, 3.05) is 25.1 Å². The SMILES string of the molecule is CCOc1cc(/C=C2\SC(=O)N(CC(=O)OC(C)C)C2=O)ccc1OCC(=O)Nc1ccccc1C. The number of esters is 1. The highest BCUT2D eigenvalue weighted by atomic mass is 32.2. The molecule has 0 bridgehead atoms. The number of ether oxygens (including phenoxy) is 3. The highest BCUT2D eigenvalue weighted by Gasteiger charge is 2.36. The maximum atomic E-state index is 12.7. The number of nitrogens with zero attached hydrogens (tertiary/aromatic N) is 1. The number of carbonyl (C=O) groups excluding carboxylic acids is 4. The molecule has 1 N–H and O–H groups in total. The number of nitrogens with one attached hydrogen (secondary N) is 1. The van der Waals surface area contributed by atoms with E-state index in [9.17, 15) is 19.2 Å². The number of hydrogen-bond acceptors (Lipinski definition) is 8. The summed E-state index contributed by atoms with van der Waals surface area (Å²) in [6, 6.07) is 12.4. The first kappa shape index (κ1) is 26.8. The summed E-state index contributed by atoms with van der Waals surface area (Å²) in [5, 5.41) is 2.26. The summed E-state index contributed by atoms with van der Waals surface area (Å²) in [4.78, 5) is 50.2. The molecule has 0 unspecified atom stereocenters. The molecule has 1 aliphatic heterocycles. The van der Waals surface area contributed by atoms with Crippen LogP contribution in [0.15, 0.2) is 47.4 Å². The van der Waals surface area contributed by atoms with Crippen molar-refractivity contribution in [1.82, 2.24) is 4.90 Å². The van der Waals surface area contributed by atoms with Gasteiger partial charge in [0, 0.05) is 5.69 Å². The van der Waals surface area contributed by atoms with Crippen molar-refractivity contribution in [2.24, 2.45) is 0 Å². The van der Waals surface area contributed by atoms with E-state index >= 15 is 0 Å². The van der Waals surface area contributed by atoms with Crippen LogP contribution >= 0.6 is 11.8 Å². The minimum atomic E-state index is -0.653. The number of imide groups is 1. The van der Waals surface area contributed by atoms with Gasteiger partial charge in [-0.2, -0.15) is 0 Å². The van der Waals surface area contributed by atoms with Gasteiger partial charge in [-0.1, -0.05) is 24.3 Å². The van der Waals surface area contributed by atoms with Crippen LogP contribution in [-0.4, -0.2) is 53.8 Å². The van der Waals surface area contributed by atoms with Crippen molar-refractivity contribution in [3.63, 3.8) is 0 Å². The molecule has 0 aliphatic carbocycles. The van der Waals surface area contributed by atoms with Gasteiger partial charge in [-0.05, 0) is 74.9 Å². The quantitative estimate of drug-likeness (QED) is 0.368. The zero-order chi connectivity index (χ0) is 26.2. The second-order valence-electron chi connectivity index (χ2n) is 8.10. The summed E-state index contributed by atoms with van der Waals surface area (Å²) in [5.41, 5.74) is 2.23. The molecule has 3 rings (SSSR count). The number of benzene rings is 2. The van der Waals surface area contributed by atoms with E-state index in [0.29, 0.717) is 29.4 Å². The molecule has 0 aromatic heterocycles. The van der Waals surface area contributed by atoms with Crippen molar-refractivity contribution in [2.45, 2.75) is 33.8 Å². The van der Waals surface area contributed by atoms with Gasteiger partial charge in [-0.15, -0.1) is 0 Å². The third kappa shape index (κ3) is 7.11. The Morgan fingerprint density at radius 2 is 1.83 bits per heavy atom. The Morgan fingerprint density at radius 3 is 2.53 bits per heavy atom. The summed E-state index contributed by atoms with van der Waals surface area (Å²) >= 11 is 0.743. The Kier molecular flexibility index (Phi) is 9.13. The van der Waals surface area contributed by atoms with E-state index in [1.807, 2.05) is 38.1 Å². The molecule has 1 aliphatic rings. The number of anilines is 1. The van der Waals surface area contributed by atoms with Gasteiger partial charge < -0.3 is 19.5 Å². The highest BCUT2D eigenvalue weighted by Crippen LogP contribution is 2.34. The predicted molar refractivity (Wildman–Crippen MR) is 137 cm³/mol. The number of hydrogen-bond donors (Lipinski definition) is 1. The molecule has 1 fully saturated rings. The third-order valence-electron chi connectivity index (χ3n) is 4.87. The van der Waals surface area contributed by atoms with Crippen molar-refractivity contribution >= 4 is 46.5 Å². The first-order chi connectivity index (χ1) is 17.2. The maximum Gasteiger partial charge on any atom is 0.326 e. The zero-order valence-corrected chi connectivity index (χ0v) is 21.3. The van der Waals surface area contributed by atoms with E-state index < -0.39 is 23.7 Å². The van der Waals surface area contributed by atoms with Crippen LogP contribution in [0.5, 0.6) is 11.5 Å². The molecular formula is C26H28N2O7S. The topological polar surface area (TPSA) is 111 Å². The fraction of sp³-hybridized carbons (Fsp3) is 0.308. The summed E-state index contributed by atoms with van der Waals surface area (Å²) in [6.45, 7) is 6.76. The molecule has 190 valence electrons. The van der Waals surface area contributed by atoms with Crippen LogP contribution in [0.3, 0.4) is 0 Å². The molecule has 2 aromatic rings. The summed E-state index contributed by atoms with van der Waals surface area (Å²) in [6.07, 6.45) is 1.19. The average Bonchev–Trinajstić information content (AvgIpc) is 3.07. The smallest absolute Gasteiger partial charge is 0.326 e. The van der Waals surface area contributed by atoms with Gasteiger partial charge in [0.05, 0.1) is 17.6 Å². The fourth-order valence-electron chi connectivity index (χ4n) is 3.26. The van der Waals surface area contributed by atoms with Crippen LogP contribution in [0.25, 0.3) is 6.08 Å². The molecule has 9 nitrogen and oxygen atoms in total. The van der Waals surface area contributed by atoms with Gasteiger partial charge in [0.1, 0.15) is 6.54 Å². The average molecular weight is 513 g/mol.